The minimum atomic E-state index is -1.42. The standard InChI is InChI=1S/C48H56Cl2FN7O7/c1-56-37-24-28(10-15-35(37)58(46(56)65)36(42(52)61)16-17-38(59)60)26-18-22-57(23-19-26)44(63)27-8-12-30(13-9-27)53-43(62)41-39(31-6-5-7-33(50)40(31)51)48(47(55-41)20-3-2-4-21-47)32-14-11-29(49)25-34(32)54-45(48)64/h5-7,10-11,14-15,24-27,30,36,39,41-42,55,61H,2-4,8-9,12-13,16-23,52H2,1H3,(H,53,62)(H,54,64)(H,59,60)/t27?,30?,36?,39-,41+,42?,48+/m0/s1. The molecule has 1 aromatic heterocycles. The number of aryl methyl sites for hydroxylation is 1. The maximum atomic E-state index is 16.3. The number of amides is 3. The van der Waals surface area contributed by atoms with Crippen molar-refractivity contribution in [3.8, 4) is 0 Å². The lowest BCUT2D eigenvalue weighted by Gasteiger charge is -2.47. The van der Waals surface area contributed by atoms with E-state index in [1.54, 1.807) is 31.3 Å². The van der Waals surface area contributed by atoms with Crippen molar-refractivity contribution < 1.29 is 33.8 Å². The first-order chi connectivity index (χ1) is 31.1. The number of anilines is 1. The minimum Gasteiger partial charge on any atom is -0.481 e. The van der Waals surface area contributed by atoms with Crippen LogP contribution in [0.3, 0.4) is 0 Å². The summed E-state index contributed by atoms with van der Waals surface area (Å²) in [5.74, 6) is -3.15. The number of benzene rings is 3. The van der Waals surface area contributed by atoms with Crippen LogP contribution in [0, 0.1) is 11.7 Å². The Bertz CT molecular complexity index is 2600. The SMILES string of the molecule is Cn1c(=O)n(C(CCC(=O)O)C(N)O)c2ccc(C3CCN(C(=O)C4CCC(NC(=O)[C@@H]5NC6(CCCCC6)[C@@]6(C(=O)Nc7cc(Cl)ccc76)[C@H]5c5cccc(Cl)c5F)CC4)CC3)cc21. The summed E-state index contributed by atoms with van der Waals surface area (Å²) >= 11 is 12.8. The van der Waals surface area contributed by atoms with Crippen LogP contribution in [-0.4, -0.2) is 84.9 Å². The summed E-state index contributed by atoms with van der Waals surface area (Å²) < 4.78 is 19.2. The highest BCUT2D eigenvalue weighted by atomic mass is 35.5. The number of hydrogen-bond donors (Lipinski definition) is 6. The molecule has 2 saturated carbocycles. The average Bonchev–Trinajstić information content (AvgIpc) is 3.84. The molecule has 3 amide bonds. The van der Waals surface area contributed by atoms with Crippen molar-refractivity contribution in [1.29, 1.82) is 0 Å². The molecule has 5 aliphatic rings. The number of nitrogens with one attached hydrogen (secondary N) is 3. The van der Waals surface area contributed by atoms with Crippen molar-refractivity contribution in [2.45, 2.75) is 131 Å². The fourth-order valence-electron chi connectivity index (χ4n) is 12.4. The first kappa shape index (κ1) is 45.4. The molecule has 5 atom stereocenters. The van der Waals surface area contributed by atoms with Crippen LogP contribution < -0.4 is 27.4 Å². The zero-order valence-corrected chi connectivity index (χ0v) is 37.8. The van der Waals surface area contributed by atoms with Gasteiger partial charge in [-0.05, 0) is 111 Å². The van der Waals surface area contributed by atoms with Gasteiger partial charge in [-0.3, -0.25) is 33.6 Å². The van der Waals surface area contributed by atoms with E-state index in [2.05, 4.69) is 16.0 Å². The molecule has 3 aromatic carbocycles. The van der Waals surface area contributed by atoms with Gasteiger partial charge in [-0.2, -0.15) is 0 Å². The number of nitrogens with two attached hydrogens (primary N) is 1. The molecule has 0 bridgehead atoms. The zero-order chi connectivity index (χ0) is 45.9. The van der Waals surface area contributed by atoms with Gasteiger partial charge in [-0.15, -0.1) is 0 Å². The van der Waals surface area contributed by atoms with Gasteiger partial charge in [0.15, 0.2) is 0 Å². The third-order valence-corrected chi connectivity index (χ3v) is 16.0. The lowest BCUT2D eigenvalue weighted by molar-refractivity contribution is -0.138. The molecule has 2 saturated heterocycles. The van der Waals surface area contributed by atoms with E-state index in [0.717, 1.165) is 37.7 Å². The second-order valence-electron chi connectivity index (χ2n) is 18.9. The molecule has 7 N–H and O–H groups in total. The van der Waals surface area contributed by atoms with Crippen LogP contribution in [0.1, 0.15) is 118 Å². The lowest BCUT2D eigenvalue weighted by atomic mass is 9.55. The van der Waals surface area contributed by atoms with E-state index in [1.165, 1.54) is 15.2 Å². The maximum absolute atomic E-state index is 16.3. The summed E-state index contributed by atoms with van der Waals surface area (Å²) in [7, 11) is 1.64. The van der Waals surface area contributed by atoms with Crippen LogP contribution in [0.4, 0.5) is 10.1 Å². The number of nitrogens with zero attached hydrogens (tertiary/aromatic N) is 3. The number of aromatic nitrogens is 2. The largest absolute Gasteiger partial charge is 0.481 e. The van der Waals surface area contributed by atoms with Crippen LogP contribution in [0.5, 0.6) is 0 Å². The molecular weight excluding hydrogens is 876 g/mol. The Morgan fingerprint density at radius 3 is 2.37 bits per heavy atom. The number of aliphatic carboxylic acids is 1. The number of halogens is 3. The lowest BCUT2D eigenvalue weighted by Crippen LogP contribution is -2.60. The fourth-order valence-corrected chi connectivity index (χ4v) is 12.7. The predicted octanol–water partition coefficient (Wildman–Crippen LogP) is 6.20. The number of rotatable bonds is 10. The molecular formula is C48H56Cl2FN7O7. The van der Waals surface area contributed by atoms with Crippen molar-refractivity contribution in [3.05, 3.63) is 97.6 Å². The number of imidazole rings is 1. The molecule has 2 unspecified atom stereocenters. The van der Waals surface area contributed by atoms with E-state index < -0.39 is 52.7 Å². The number of carboxylic acids is 1. The van der Waals surface area contributed by atoms with Crippen LogP contribution in [0.2, 0.25) is 10.0 Å². The third-order valence-electron chi connectivity index (χ3n) is 15.5. The van der Waals surface area contributed by atoms with E-state index in [9.17, 15) is 34.2 Å². The number of aliphatic hydroxyl groups is 1. The summed E-state index contributed by atoms with van der Waals surface area (Å²) in [5, 5.41) is 29.9. The molecule has 0 radical (unpaired) electrons. The number of piperidine rings is 1. The van der Waals surface area contributed by atoms with Gasteiger partial charge in [-0.25, -0.2) is 9.18 Å². The number of carbonyl (C=O) groups excluding carboxylic acids is 3. The van der Waals surface area contributed by atoms with E-state index in [4.69, 9.17) is 28.9 Å². The normalized spacial score (nSPS) is 26.3. The van der Waals surface area contributed by atoms with Gasteiger partial charge in [0.2, 0.25) is 17.7 Å². The molecule has 9 rings (SSSR count). The second-order valence-corrected chi connectivity index (χ2v) is 19.8. The minimum absolute atomic E-state index is 0.00305. The third kappa shape index (κ3) is 7.74. The molecule has 17 heteroatoms. The van der Waals surface area contributed by atoms with Gasteiger partial charge in [-0.1, -0.05) is 66.7 Å². The van der Waals surface area contributed by atoms with E-state index in [-0.39, 0.29) is 59.0 Å². The van der Waals surface area contributed by atoms with Crippen molar-refractivity contribution in [2.24, 2.45) is 18.7 Å². The fraction of sp³-hybridized carbons (Fsp3) is 0.521. The topological polar surface area (TPSA) is 201 Å². The van der Waals surface area contributed by atoms with Crippen LogP contribution in [0.15, 0.2) is 59.4 Å². The highest BCUT2D eigenvalue weighted by Crippen LogP contribution is 2.63. The molecule has 2 aliphatic carbocycles. The van der Waals surface area contributed by atoms with Gasteiger partial charge in [0.05, 0.1) is 28.1 Å². The van der Waals surface area contributed by atoms with Gasteiger partial charge in [0, 0.05) is 60.7 Å². The number of aliphatic hydroxyl groups excluding tert-OH is 1. The number of fused-ring (bicyclic) bond motifs is 4. The van der Waals surface area contributed by atoms with Crippen molar-refractivity contribution in [3.63, 3.8) is 0 Å². The quantitative estimate of drug-likeness (QED) is 0.100. The number of likely N-dealkylation sites (tertiary alicyclic amines) is 1. The summed E-state index contributed by atoms with van der Waals surface area (Å²) in [6, 6.07) is 13.7. The summed E-state index contributed by atoms with van der Waals surface area (Å²) in [4.78, 5) is 69.9. The first-order valence-electron chi connectivity index (χ1n) is 22.9. The van der Waals surface area contributed by atoms with Crippen molar-refractivity contribution in [1.82, 2.24) is 24.7 Å². The Kier molecular flexibility index (Phi) is 12.4. The highest BCUT2D eigenvalue weighted by molar-refractivity contribution is 6.31. The molecule has 4 aromatic rings. The second kappa shape index (κ2) is 17.8. The number of carbonyl (C=O) groups is 4. The molecule has 14 nitrogen and oxygen atoms in total. The van der Waals surface area contributed by atoms with Gasteiger partial charge >= 0.3 is 11.7 Å². The Balaban J connectivity index is 0.871. The smallest absolute Gasteiger partial charge is 0.329 e. The van der Waals surface area contributed by atoms with E-state index >= 15 is 4.39 Å². The van der Waals surface area contributed by atoms with Crippen molar-refractivity contribution >= 4 is 63.6 Å². The molecule has 3 aliphatic heterocycles. The maximum Gasteiger partial charge on any atom is 0.329 e. The average molecular weight is 933 g/mol. The van der Waals surface area contributed by atoms with Crippen LogP contribution >= 0.6 is 23.2 Å². The van der Waals surface area contributed by atoms with Gasteiger partial charge in [0.1, 0.15) is 17.5 Å². The number of hydrogen-bond acceptors (Lipinski definition) is 8. The molecule has 346 valence electrons. The van der Waals surface area contributed by atoms with Crippen molar-refractivity contribution in [2.75, 3.05) is 18.4 Å². The van der Waals surface area contributed by atoms with E-state index in [0.29, 0.717) is 78.9 Å². The molecule has 4 fully saturated rings. The molecule has 2 spiro atoms. The van der Waals surface area contributed by atoms with Crippen LogP contribution in [0.25, 0.3) is 11.0 Å². The Hall–Kier alpha value is -4.80. The van der Waals surface area contributed by atoms with Gasteiger partial charge in [0.25, 0.3) is 0 Å². The Labute approximate surface area is 386 Å². The zero-order valence-electron chi connectivity index (χ0n) is 36.3. The van der Waals surface area contributed by atoms with E-state index in [1.807, 2.05) is 29.2 Å². The summed E-state index contributed by atoms with van der Waals surface area (Å²) in [5.41, 5.74) is 6.97. The highest BCUT2D eigenvalue weighted by Gasteiger charge is 2.72. The first-order valence-corrected chi connectivity index (χ1v) is 23.7. The Morgan fingerprint density at radius 2 is 1.68 bits per heavy atom. The monoisotopic (exact) mass is 931 g/mol. The van der Waals surface area contributed by atoms with Crippen LogP contribution in [-0.2, 0) is 31.6 Å². The molecule has 4 heterocycles. The number of carboxylic acid groups (broad SMARTS) is 1. The Morgan fingerprint density at radius 1 is 0.954 bits per heavy atom. The summed E-state index contributed by atoms with van der Waals surface area (Å²) in [6.45, 7) is 1.16. The van der Waals surface area contributed by atoms with Gasteiger partial charge < -0.3 is 31.5 Å². The molecule has 65 heavy (non-hydrogen) atoms. The summed E-state index contributed by atoms with van der Waals surface area (Å²) in [6.07, 6.45) is 6.10. The predicted molar refractivity (Wildman–Crippen MR) is 244 cm³/mol.